The molecule has 52 valence electrons. The molecule has 0 aromatic heterocycles. The van der Waals surface area contributed by atoms with E-state index >= 15 is 0 Å². The highest BCUT2D eigenvalue weighted by Crippen LogP contribution is 2.09. The Morgan fingerprint density at radius 1 is 1.75 bits per heavy atom. The van der Waals surface area contributed by atoms with Crippen LogP contribution in [0.2, 0.25) is 0 Å². The Kier molecular flexibility index (Phi) is 3.79. The Hall–Kier alpha value is -0.110. The van der Waals surface area contributed by atoms with Crippen LogP contribution in [0.1, 0.15) is 21.2 Å². The van der Waals surface area contributed by atoms with Crippen LogP contribution in [-0.4, -0.2) is 13.1 Å². The first kappa shape index (κ1) is 7.89. The molecule has 0 spiro atoms. The van der Waals surface area contributed by atoms with E-state index in [0.717, 1.165) is 5.92 Å². The molecule has 0 amide bonds. The van der Waals surface area contributed by atoms with Gasteiger partial charge in [-0.1, -0.05) is 13.3 Å². The largest absolute Gasteiger partial charge is 0.316 e. The number of rotatable bonds is 1. The van der Waals surface area contributed by atoms with Crippen LogP contribution in [0, 0.1) is 5.92 Å². The van der Waals surface area contributed by atoms with Gasteiger partial charge in [-0.2, -0.15) is 0 Å². The van der Waals surface area contributed by atoms with Crippen molar-refractivity contribution in [3.8, 4) is 0 Å². The van der Waals surface area contributed by atoms with Crippen molar-refractivity contribution < 1.29 is 6.13 Å². The quantitative estimate of drug-likeness (QED) is 0.553. The van der Waals surface area contributed by atoms with Crippen LogP contribution in [0.25, 0.3) is 0 Å². The van der Waals surface area contributed by atoms with E-state index < -0.39 is 0 Å². The van der Waals surface area contributed by atoms with Gasteiger partial charge in [-0.05, 0) is 25.4 Å². The van der Waals surface area contributed by atoms with Crippen LogP contribution in [0.15, 0.2) is 0 Å². The third-order valence-corrected chi connectivity index (χ3v) is 1.74. The van der Waals surface area contributed by atoms with Gasteiger partial charge in [0.1, 0.15) is 0 Å². The van der Waals surface area contributed by atoms with Gasteiger partial charge in [0, 0.05) is 1.43 Å². The molecule has 0 aromatic rings. The van der Waals surface area contributed by atoms with Gasteiger partial charge in [-0.25, -0.2) is 0 Å². The molecule has 1 rings (SSSR count). The lowest BCUT2D eigenvalue weighted by Crippen LogP contribution is -2.07. The number of hydrogen-bond donors (Lipinski definition) is 1. The standard InChI is InChI=1S/C6H13N.FH.H2/c1-2-6-3-4-7-5-6;;/h6-7H,2-5H2,1H3;2*1H/t6-;;/m0../s1. The van der Waals surface area contributed by atoms with Crippen LogP contribution in [0.5, 0.6) is 0 Å². The zero-order valence-electron chi connectivity index (χ0n) is 5.31. The van der Waals surface area contributed by atoms with Gasteiger partial charge < -0.3 is 5.32 Å². The normalized spacial score (nSPS) is 27.4. The molecule has 1 nitrogen and oxygen atoms in total. The topological polar surface area (TPSA) is 12.0 Å². The molecule has 0 aromatic carbocycles. The summed E-state index contributed by atoms with van der Waals surface area (Å²) in [7, 11) is 0. The molecule has 1 N–H and O–H groups in total. The van der Waals surface area contributed by atoms with Gasteiger partial charge in [0.25, 0.3) is 0 Å². The van der Waals surface area contributed by atoms with E-state index in [9.17, 15) is 0 Å². The van der Waals surface area contributed by atoms with Crippen molar-refractivity contribution in [1.29, 1.82) is 0 Å². The minimum absolute atomic E-state index is 0. The Bertz CT molecular complexity index is 55.0. The van der Waals surface area contributed by atoms with E-state index in [1.54, 1.807) is 0 Å². The molecule has 0 aliphatic carbocycles. The molecule has 1 atom stereocenters. The molecule has 8 heavy (non-hydrogen) atoms. The van der Waals surface area contributed by atoms with Crippen molar-refractivity contribution in [2.45, 2.75) is 19.8 Å². The van der Waals surface area contributed by atoms with Crippen molar-refractivity contribution in [3.63, 3.8) is 0 Å². The average Bonchev–Trinajstić information content (AvgIpc) is 2.14. The molecule has 1 fully saturated rings. The van der Waals surface area contributed by atoms with Crippen LogP contribution < -0.4 is 5.32 Å². The lowest BCUT2D eigenvalue weighted by molar-refractivity contribution is 0.563. The maximum atomic E-state index is 3.32. The maximum absolute atomic E-state index is 3.32. The van der Waals surface area contributed by atoms with Crippen LogP contribution >= 0.6 is 0 Å². The van der Waals surface area contributed by atoms with E-state index in [0.29, 0.717) is 0 Å². The molecule has 1 saturated heterocycles. The minimum atomic E-state index is 0. The Balaban J connectivity index is 0. The van der Waals surface area contributed by atoms with Crippen molar-refractivity contribution in [2.75, 3.05) is 13.1 Å². The summed E-state index contributed by atoms with van der Waals surface area (Å²) in [6, 6.07) is 0. The van der Waals surface area contributed by atoms with Gasteiger partial charge >= 0.3 is 0 Å². The molecular formula is C6H16FN. The first-order chi connectivity index (χ1) is 3.43. The fourth-order valence-corrected chi connectivity index (χ4v) is 1.06. The van der Waals surface area contributed by atoms with Crippen LogP contribution in [-0.2, 0) is 0 Å². The highest BCUT2D eigenvalue weighted by Gasteiger charge is 2.10. The van der Waals surface area contributed by atoms with Gasteiger partial charge in [-0.15, -0.1) is 0 Å². The lowest BCUT2D eigenvalue weighted by atomic mass is 10.1. The summed E-state index contributed by atoms with van der Waals surface area (Å²) in [4.78, 5) is 0. The first-order valence-electron chi connectivity index (χ1n) is 3.14. The summed E-state index contributed by atoms with van der Waals surface area (Å²) >= 11 is 0. The molecule has 2 heteroatoms. The zero-order chi connectivity index (χ0) is 5.11. The molecule has 1 heterocycles. The van der Waals surface area contributed by atoms with E-state index in [-0.39, 0.29) is 6.13 Å². The number of halogens is 1. The van der Waals surface area contributed by atoms with Crippen molar-refractivity contribution in [2.24, 2.45) is 5.92 Å². The third-order valence-electron chi connectivity index (χ3n) is 1.74. The third kappa shape index (κ3) is 1.78. The molecule has 0 radical (unpaired) electrons. The molecule has 0 unspecified atom stereocenters. The monoisotopic (exact) mass is 121 g/mol. The van der Waals surface area contributed by atoms with Gasteiger partial charge in [0.15, 0.2) is 0 Å². The molecule has 0 bridgehead atoms. The average molecular weight is 121 g/mol. The summed E-state index contributed by atoms with van der Waals surface area (Å²) in [6.45, 7) is 4.77. The second-order valence-corrected chi connectivity index (χ2v) is 2.27. The Morgan fingerprint density at radius 2 is 2.50 bits per heavy atom. The summed E-state index contributed by atoms with van der Waals surface area (Å²) in [6.07, 6.45) is 2.75. The minimum Gasteiger partial charge on any atom is -0.316 e. The van der Waals surface area contributed by atoms with Gasteiger partial charge in [0.2, 0.25) is 0 Å². The van der Waals surface area contributed by atoms with E-state index in [1.807, 2.05) is 0 Å². The van der Waals surface area contributed by atoms with E-state index in [2.05, 4.69) is 12.2 Å². The Morgan fingerprint density at radius 3 is 2.75 bits per heavy atom. The van der Waals surface area contributed by atoms with Gasteiger partial charge in [0.05, 0.1) is 0 Å². The SMILES string of the molecule is CC[C@H]1CCNC1.F.[HH]. The first-order valence-corrected chi connectivity index (χ1v) is 3.14. The second kappa shape index (κ2) is 3.84. The fourth-order valence-electron chi connectivity index (χ4n) is 1.06. The van der Waals surface area contributed by atoms with Gasteiger partial charge in [-0.3, -0.25) is 4.70 Å². The summed E-state index contributed by atoms with van der Waals surface area (Å²) in [5.41, 5.74) is 0. The smallest absolute Gasteiger partial charge is 0 e. The van der Waals surface area contributed by atoms with Crippen LogP contribution in [0.4, 0.5) is 4.70 Å². The van der Waals surface area contributed by atoms with Crippen molar-refractivity contribution in [3.05, 3.63) is 0 Å². The molecule has 0 saturated carbocycles. The summed E-state index contributed by atoms with van der Waals surface area (Å²) in [5, 5.41) is 3.32. The summed E-state index contributed by atoms with van der Waals surface area (Å²) in [5.74, 6) is 0.986. The molecule has 1 aliphatic heterocycles. The number of hydrogen-bond acceptors (Lipinski definition) is 1. The Labute approximate surface area is 51.3 Å². The molecular weight excluding hydrogens is 105 g/mol. The van der Waals surface area contributed by atoms with E-state index in [4.69, 9.17) is 0 Å². The predicted octanol–water partition coefficient (Wildman–Crippen LogP) is 1.40. The van der Waals surface area contributed by atoms with E-state index in [1.165, 1.54) is 25.9 Å². The zero-order valence-corrected chi connectivity index (χ0v) is 5.31. The predicted molar refractivity (Wildman–Crippen MR) is 35.9 cm³/mol. The highest BCUT2D eigenvalue weighted by molar-refractivity contribution is 4.68. The maximum Gasteiger partial charge on any atom is 0 e. The highest BCUT2D eigenvalue weighted by atomic mass is 19.0. The fraction of sp³-hybridized carbons (Fsp3) is 1.00. The number of nitrogens with one attached hydrogen (secondary N) is 1. The summed E-state index contributed by atoms with van der Waals surface area (Å²) < 4.78 is 0. The second-order valence-electron chi connectivity index (χ2n) is 2.27. The lowest BCUT2D eigenvalue weighted by Gasteiger charge is -1.98. The molecule has 1 aliphatic rings. The van der Waals surface area contributed by atoms with Crippen molar-refractivity contribution >= 4 is 0 Å². The van der Waals surface area contributed by atoms with Crippen LogP contribution in [0.3, 0.4) is 0 Å². The van der Waals surface area contributed by atoms with Crippen molar-refractivity contribution in [1.82, 2.24) is 5.32 Å².